The molecular weight excluding hydrogens is 246 g/mol. The number of thiophene rings is 1. The van der Waals surface area contributed by atoms with Crippen molar-refractivity contribution in [2.75, 3.05) is 0 Å². The third-order valence-electron chi connectivity index (χ3n) is 2.95. The van der Waals surface area contributed by atoms with E-state index in [4.69, 9.17) is 0 Å². The minimum Gasteiger partial charge on any atom is -0.347 e. The normalized spacial score (nSPS) is 12.4. The van der Waals surface area contributed by atoms with Crippen molar-refractivity contribution >= 4 is 17.2 Å². The molecule has 0 radical (unpaired) electrons. The molecule has 1 unspecified atom stereocenters. The Morgan fingerprint density at radius 1 is 1.56 bits per heavy atom. The van der Waals surface area contributed by atoms with E-state index in [-0.39, 0.29) is 11.9 Å². The van der Waals surface area contributed by atoms with Crippen molar-refractivity contribution in [3.63, 3.8) is 0 Å². The van der Waals surface area contributed by atoms with Gasteiger partial charge in [-0.3, -0.25) is 4.79 Å². The molecule has 0 saturated carbocycles. The zero-order chi connectivity index (χ0) is 13.1. The fourth-order valence-corrected chi connectivity index (χ4v) is 2.68. The van der Waals surface area contributed by atoms with Crippen LogP contribution in [0.1, 0.15) is 45.3 Å². The fraction of sp³-hybridized carbons (Fsp3) is 0.385. The topological polar surface area (TPSA) is 57.8 Å². The molecule has 5 heteroatoms. The van der Waals surface area contributed by atoms with Gasteiger partial charge in [0.1, 0.15) is 5.82 Å². The maximum absolute atomic E-state index is 12.1. The number of nitrogens with zero attached hydrogens (tertiary/aromatic N) is 1. The molecule has 0 aliphatic rings. The van der Waals surface area contributed by atoms with Crippen LogP contribution < -0.4 is 5.32 Å². The van der Waals surface area contributed by atoms with E-state index < -0.39 is 0 Å². The SMILES string of the molecule is CCC(NC(=O)c1cc(C)c(C)s1)c1ncc[nH]1. The fourth-order valence-electron chi connectivity index (χ4n) is 1.75. The van der Waals surface area contributed by atoms with E-state index >= 15 is 0 Å². The van der Waals surface area contributed by atoms with Crippen molar-refractivity contribution in [1.29, 1.82) is 0 Å². The van der Waals surface area contributed by atoms with Crippen molar-refractivity contribution in [3.05, 3.63) is 39.6 Å². The Bertz CT molecular complexity index is 511. The molecule has 2 aromatic heterocycles. The van der Waals surface area contributed by atoms with Crippen LogP contribution in [-0.4, -0.2) is 15.9 Å². The molecule has 0 fully saturated rings. The predicted molar refractivity (Wildman–Crippen MR) is 72.9 cm³/mol. The number of carbonyl (C=O) groups is 1. The lowest BCUT2D eigenvalue weighted by atomic mass is 10.2. The van der Waals surface area contributed by atoms with E-state index in [1.807, 2.05) is 26.8 Å². The molecule has 1 atom stereocenters. The maximum Gasteiger partial charge on any atom is 0.261 e. The first-order valence-corrected chi connectivity index (χ1v) is 6.80. The molecule has 0 aliphatic carbocycles. The highest BCUT2D eigenvalue weighted by atomic mass is 32.1. The Hall–Kier alpha value is -1.62. The van der Waals surface area contributed by atoms with E-state index in [1.165, 1.54) is 16.2 Å². The first-order valence-electron chi connectivity index (χ1n) is 5.99. The van der Waals surface area contributed by atoms with Gasteiger partial charge in [0.25, 0.3) is 5.91 Å². The van der Waals surface area contributed by atoms with Gasteiger partial charge in [0.2, 0.25) is 0 Å². The van der Waals surface area contributed by atoms with E-state index in [1.54, 1.807) is 12.4 Å². The van der Waals surface area contributed by atoms with Crippen LogP contribution in [0.25, 0.3) is 0 Å². The second-order valence-electron chi connectivity index (χ2n) is 4.26. The number of aromatic nitrogens is 2. The average Bonchev–Trinajstić information content (AvgIpc) is 2.97. The molecule has 0 saturated heterocycles. The summed E-state index contributed by atoms with van der Waals surface area (Å²) in [4.78, 5) is 21.3. The highest BCUT2D eigenvalue weighted by Gasteiger charge is 2.17. The Morgan fingerprint density at radius 2 is 2.33 bits per heavy atom. The van der Waals surface area contributed by atoms with Crippen LogP contribution in [0.4, 0.5) is 0 Å². The molecule has 4 nitrogen and oxygen atoms in total. The lowest BCUT2D eigenvalue weighted by Crippen LogP contribution is -2.28. The summed E-state index contributed by atoms with van der Waals surface area (Å²) in [5, 5.41) is 3.00. The van der Waals surface area contributed by atoms with Gasteiger partial charge in [-0.2, -0.15) is 0 Å². The maximum atomic E-state index is 12.1. The zero-order valence-electron chi connectivity index (χ0n) is 10.8. The van der Waals surface area contributed by atoms with Gasteiger partial charge in [-0.1, -0.05) is 6.92 Å². The molecule has 96 valence electrons. The standard InChI is InChI=1S/C13H17N3OS/c1-4-10(12-14-5-6-15-12)16-13(17)11-7-8(2)9(3)18-11/h5-7,10H,4H2,1-3H3,(H,14,15)(H,16,17). The van der Waals surface area contributed by atoms with Gasteiger partial charge in [0, 0.05) is 17.3 Å². The molecule has 0 aliphatic heterocycles. The number of aryl methyl sites for hydroxylation is 2. The molecule has 2 aromatic rings. The minimum absolute atomic E-state index is 0.0283. The number of H-pyrrole nitrogens is 1. The lowest BCUT2D eigenvalue weighted by molar-refractivity contribution is 0.0938. The van der Waals surface area contributed by atoms with Crippen molar-refractivity contribution in [1.82, 2.24) is 15.3 Å². The second kappa shape index (κ2) is 5.35. The van der Waals surface area contributed by atoms with Crippen LogP contribution in [0.3, 0.4) is 0 Å². The van der Waals surface area contributed by atoms with Crippen LogP contribution in [0.15, 0.2) is 18.5 Å². The van der Waals surface area contributed by atoms with Crippen LogP contribution >= 0.6 is 11.3 Å². The molecule has 0 spiro atoms. The van der Waals surface area contributed by atoms with Gasteiger partial charge >= 0.3 is 0 Å². The summed E-state index contributed by atoms with van der Waals surface area (Å²) >= 11 is 1.53. The van der Waals surface area contributed by atoms with E-state index in [0.29, 0.717) is 0 Å². The Morgan fingerprint density at radius 3 is 2.83 bits per heavy atom. The van der Waals surface area contributed by atoms with Gasteiger partial charge in [0.15, 0.2) is 0 Å². The lowest BCUT2D eigenvalue weighted by Gasteiger charge is -2.13. The van der Waals surface area contributed by atoms with Gasteiger partial charge in [-0.05, 0) is 31.9 Å². The second-order valence-corrected chi connectivity index (χ2v) is 5.51. The van der Waals surface area contributed by atoms with E-state index in [9.17, 15) is 4.79 Å². The third-order valence-corrected chi connectivity index (χ3v) is 4.10. The van der Waals surface area contributed by atoms with Crippen molar-refractivity contribution < 1.29 is 4.79 Å². The highest BCUT2D eigenvalue weighted by Crippen LogP contribution is 2.21. The van der Waals surface area contributed by atoms with Gasteiger partial charge in [0.05, 0.1) is 10.9 Å². The summed E-state index contributed by atoms with van der Waals surface area (Å²) in [6, 6.07) is 1.87. The van der Waals surface area contributed by atoms with E-state index in [2.05, 4.69) is 15.3 Å². The number of carbonyl (C=O) groups excluding carboxylic acids is 1. The first kappa shape index (κ1) is 12.8. The van der Waals surface area contributed by atoms with E-state index in [0.717, 1.165) is 22.7 Å². The number of imidazole rings is 1. The van der Waals surface area contributed by atoms with Gasteiger partial charge in [-0.25, -0.2) is 4.98 Å². The number of hydrogen-bond acceptors (Lipinski definition) is 3. The average molecular weight is 263 g/mol. The molecule has 18 heavy (non-hydrogen) atoms. The number of amides is 1. The Balaban J connectivity index is 2.10. The predicted octanol–water partition coefficient (Wildman–Crippen LogP) is 2.97. The quantitative estimate of drug-likeness (QED) is 0.891. The van der Waals surface area contributed by atoms with Gasteiger partial charge < -0.3 is 10.3 Å². The molecule has 0 bridgehead atoms. The Kier molecular flexibility index (Phi) is 3.81. The van der Waals surface area contributed by atoms with Crippen LogP contribution in [0.2, 0.25) is 0 Å². The molecule has 2 heterocycles. The van der Waals surface area contributed by atoms with Crippen LogP contribution in [0, 0.1) is 13.8 Å². The van der Waals surface area contributed by atoms with Crippen molar-refractivity contribution in [3.8, 4) is 0 Å². The summed E-state index contributed by atoms with van der Waals surface area (Å²) in [5.74, 6) is 0.773. The Labute approximate surface area is 110 Å². The largest absolute Gasteiger partial charge is 0.347 e. The smallest absolute Gasteiger partial charge is 0.261 e. The number of rotatable bonds is 4. The summed E-state index contributed by atoms with van der Waals surface area (Å²) in [6.07, 6.45) is 4.27. The third kappa shape index (κ3) is 2.61. The number of aromatic amines is 1. The molecule has 1 amide bonds. The summed E-state index contributed by atoms with van der Waals surface area (Å²) in [6.45, 7) is 6.07. The summed E-state index contributed by atoms with van der Waals surface area (Å²) in [5.41, 5.74) is 1.16. The molecule has 2 rings (SSSR count). The van der Waals surface area contributed by atoms with Crippen LogP contribution in [0.5, 0.6) is 0 Å². The first-order chi connectivity index (χ1) is 8.61. The minimum atomic E-state index is -0.0600. The number of nitrogens with one attached hydrogen (secondary N) is 2. The molecule has 2 N–H and O–H groups in total. The highest BCUT2D eigenvalue weighted by molar-refractivity contribution is 7.14. The summed E-state index contributed by atoms with van der Waals surface area (Å²) in [7, 11) is 0. The monoisotopic (exact) mass is 263 g/mol. The number of hydrogen-bond donors (Lipinski definition) is 2. The molecule has 0 aromatic carbocycles. The zero-order valence-corrected chi connectivity index (χ0v) is 11.6. The van der Waals surface area contributed by atoms with Crippen molar-refractivity contribution in [2.45, 2.75) is 33.2 Å². The van der Waals surface area contributed by atoms with Crippen molar-refractivity contribution in [2.24, 2.45) is 0 Å². The van der Waals surface area contributed by atoms with Crippen LogP contribution in [-0.2, 0) is 0 Å². The van der Waals surface area contributed by atoms with Gasteiger partial charge in [-0.15, -0.1) is 11.3 Å². The molecular formula is C13H17N3OS. The summed E-state index contributed by atoms with van der Waals surface area (Å²) < 4.78 is 0.